The summed E-state index contributed by atoms with van der Waals surface area (Å²) in [6.07, 6.45) is 4.17. The standard InChI is InChI=1S/C20H20N4O4/c25-17-12-14(9-10-21-17)19-22-20(28-23-19)16-8-4-5-11-24(16)18(26)13-27-15-6-2-1-3-7-15/h1-3,6-7,9-10,12,16H,4-5,8,11,13H2,(H,21,25)/t16-/m1/s1. The molecule has 1 aromatic carbocycles. The molecule has 2 aromatic heterocycles. The zero-order chi connectivity index (χ0) is 19.3. The van der Waals surface area contributed by atoms with Crippen LogP contribution in [0.2, 0.25) is 0 Å². The van der Waals surface area contributed by atoms with Gasteiger partial charge in [0.15, 0.2) is 6.61 Å². The van der Waals surface area contributed by atoms with E-state index in [4.69, 9.17) is 9.26 Å². The lowest BCUT2D eigenvalue weighted by molar-refractivity contribution is -0.138. The number of rotatable bonds is 5. The molecule has 1 aliphatic rings. The number of pyridine rings is 1. The number of amides is 1. The minimum atomic E-state index is -0.288. The molecule has 0 spiro atoms. The monoisotopic (exact) mass is 380 g/mol. The third kappa shape index (κ3) is 3.95. The lowest BCUT2D eigenvalue weighted by Gasteiger charge is -2.33. The van der Waals surface area contributed by atoms with Gasteiger partial charge < -0.3 is 19.1 Å². The first-order chi connectivity index (χ1) is 13.7. The molecule has 3 heterocycles. The van der Waals surface area contributed by atoms with Gasteiger partial charge in [-0.15, -0.1) is 0 Å². The van der Waals surface area contributed by atoms with Gasteiger partial charge in [0.1, 0.15) is 11.8 Å². The smallest absolute Gasteiger partial charge is 0.261 e. The van der Waals surface area contributed by atoms with Crippen molar-refractivity contribution in [3.8, 4) is 17.1 Å². The summed E-state index contributed by atoms with van der Waals surface area (Å²) < 4.78 is 11.0. The summed E-state index contributed by atoms with van der Waals surface area (Å²) in [5.74, 6) is 1.24. The van der Waals surface area contributed by atoms with Crippen molar-refractivity contribution in [2.45, 2.75) is 25.3 Å². The van der Waals surface area contributed by atoms with Crippen molar-refractivity contribution >= 4 is 5.91 Å². The second kappa shape index (κ2) is 8.08. The van der Waals surface area contributed by atoms with Crippen LogP contribution < -0.4 is 10.3 Å². The highest BCUT2D eigenvalue weighted by Gasteiger charge is 2.32. The van der Waals surface area contributed by atoms with Crippen LogP contribution in [0.25, 0.3) is 11.4 Å². The third-order valence-corrected chi connectivity index (χ3v) is 4.69. The van der Waals surface area contributed by atoms with E-state index in [-0.39, 0.29) is 24.1 Å². The van der Waals surface area contributed by atoms with Crippen LogP contribution in [0.15, 0.2) is 58.0 Å². The number of hydrogen-bond donors (Lipinski definition) is 1. The third-order valence-electron chi connectivity index (χ3n) is 4.69. The highest BCUT2D eigenvalue weighted by atomic mass is 16.5. The van der Waals surface area contributed by atoms with Crippen molar-refractivity contribution < 1.29 is 14.1 Å². The van der Waals surface area contributed by atoms with Crippen molar-refractivity contribution in [2.75, 3.05) is 13.2 Å². The number of piperidine rings is 1. The van der Waals surface area contributed by atoms with E-state index >= 15 is 0 Å². The molecule has 1 aliphatic heterocycles. The number of benzene rings is 1. The zero-order valence-corrected chi connectivity index (χ0v) is 15.2. The van der Waals surface area contributed by atoms with Crippen LogP contribution in [-0.4, -0.2) is 39.1 Å². The average Bonchev–Trinajstić information content (AvgIpc) is 3.23. The molecule has 28 heavy (non-hydrogen) atoms. The van der Waals surface area contributed by atoms with Gasteiger partial charge in [0.2, 0.25) is 17.3 Å². The molecular weight excluding hydrogens is 360 g/mol. The number of ether oxygens (including phenoxy) is 1. The van der Waals surface area contributed by atoms with E-state index < -0.39 is 0 Å². The van der Waals surface area contributed by atoms with Crippen LogP contribution in [0, 0.1) is 0 Å². The first kappa shape index (κ1) is 18.0. The Morgan fingerprint density at radius 3 is 2.93 bits per heavy atom. The largest absolute Gasteiger partial charge is 0.484 e. The maximum Gasteiger partial charge on any atom is 0.261 e. The Hall–Kier alpha value is -3.42. The lowest BCUT2D eigenvalue weighted by atomic mass is 10.0. The molecule has 1 atom stereocenters. The van der Waals surface area contributed by atoms with E-state index in [1.807, 2.05) is 30.3 Å². The fraction of sp³-hybridized carbons (Fsp3) is 0.300. The summed E-state index contributed by atoms with van der Waals surface area (Å²) in [4.78, 5) is 33.0. The van der Waals surface area contributed by atoms with Crippen molar-refractivity contribution in [3.63, 3.8) is 0 Å². The Kier molecular flexibility index (Phi) is 5.18. The number of nitrogens with zero attached hydrogens (tertiary/aromatic N) is 3. The second-order valence-electron chi connectivity index (χ2n) is 6.60. The second-order valence-corrected chi connectivity index (χ2v) is 6.60. The predicted octanol–water partition coefficient (Wildman–Crippen LogP) is 2.56. The molecule has 3 aromatic rings. The normalized spacial score (nSPS) is 16.7. The Balaban J connectivity index is 1.49. The SMILES string of the molecule is O=C(COc1ccccc1)N1CCCC[C@@H]1c1nc(-c2cc[nH]c(=O)c2)no1. The van der Waals surface area contributed by atoms with E-state index in [1.54, 1.807) is 11.0 Å². The Bertz CT molecular complexity index is 998. The maximum atomic E-state index is 12.7. The van der Waals surface area contributed by atoms with Crippen molar-refractivity contribution in [3.05, 3.63) is 64.9 Å². The van der Waals surface area contributed by atoms with Gasteiger partial charge in [-0.1, -0.05) is 23.4 Å². The number of aromatic nitrogens is 3. The molecule has 0 unspecified atom stereocenters. The number of hydrogen-bond acceptors (Lipinski definition) is 6. The summed E-state index contributed by atoms with van der Waals surface area (Å²) in [5.41, 5.74) is 0.330. The van der Waals surface area contributed by atoms with Crippen LogP contribution in [0.1, 0.15) is 31.2 Å². The summed E-state index contributed by atoms with van der Waals surface area (Å²) in [6, 6.07) is 12.1. The van der Waals surface area contributed by atoms with E-state index in [9.17, 15) is 9.59 Å². The number of aromatic amines is 1. The fourth-order valence-electron chi connectivity index (χ4n) is 3.30. The molecule has 8 heteroatoms. The number of likely N-dealkylation sites (tertiary alicyclic amines) is 1. The average molecular weight is 380 g/mol. The minimum Gasteiger partial charge on any atom is -0.484 e. The number of carbonyl (C=O) groups excluding carboxylic acids is 1. The van der Waals surface area contributed by atoms with Gasteiger partial charge in [0.25, 0.3) is 5.91 Å². The number of para-hydroxylation sites is 1. The van der Waals surface area contributed by atoms with Gasteiger partial charge in [0, 0.05) is 24.4 Å². The molecular formula is C20H20N4O4. The summed E-state index contributed by atoms with van der Waals surface area (Å²) in [5, 5.41) is 3.98. The highest BCUT2D eigenvalue weighted by molar-refractivity contribution is 5.78. The van der Waals surface area contributed by atoms with Crippen LogP contribution in [0.4, 0.5) is 0 Å². The molecule has 0 bridgehead atoms. The highest BCUT2D eigenvalue weighted by Crippen LogP contribution is 2.31. The molecule has 1 N–H and O–H groups in total. The fourth-order valence-corrected chi connectivity index (χ4v) is 3.30. The Labute approximate surface area is 161 Å². The molecule has 4 rings (SSSR count). The van der Waals surface area contributed by atoms with Gasteiger partial charge in [-0.2, -0.15) is 4.98 Å². The first-order valence-corrected chi connectivity index (χ1v) is 9.21. The van der Waals surface area contributed by atoms with E-state index in [0.29, 0.717) is 29.6 Å². The summed E-state index contributed by atoms with van der Waals surface area (Å²) in [7, 11) is 0. The minimum absolute atomic E-state index is 0.0461. The molecule has 1 saturated heterocycles. The molecule has 1 amide bonds. The lowest BCUT2D eigenvalue weighted by Crippen LogP contribution is -2.41. The van der Waals surface area contributed by atoms with E-state index in [0.717, 1.165) is 19.3 Å². The van der Waals surface area contributed by atoms with Gasteiger partial charge in [-0.25, -0.2) is 0 Å². The van der Waals surface area contributed by atoms with Gasteiger partial charge in [-0.05, 0) is 37.5 Å². The number of H-pyrrole nitrogens is 1. The Morgan fingerprint density at radius 2 is 2.11 bits per heavy atom. The Morgan fingerprint density at radius 1 is 1.25 bits per heavy atom. The van der Waals surface area contributed by atoms with Gasteiger partial charge in [0.05, 0.1) is 0 Å². The van der Waals surface area contributed by atoms with Crippen LogP contribution in [0.3, 0.4) is 0 Å². The van der Waals surface area contributed by atoms with Crippen LogP contribution >= 0.6 is 0 Å². The summed E-state index contributed by atoms with van der Waals surface area (Å²) >= 11 is 0. The van der Waals surface area contributed by atoms with Crippen LogP contribution in [-0.2, 0) is 4.79 Å². The maximum absolute atomic E-state index is 12.7. The molecule has 0 aliphatic carbocycles. The number of carbonyl (C=O) groups is 1. The van der Waals surface area contributed by atoms with Crippen molar-refractivity contribution in [1.29, 1.82) is 0 Å². The van der Waals surface area contributed by atoms with Gasteiger partial charge in [-0.3, -0.25) is 9.59 Å². The van der Waals surface area contributed by atoms with E-state index in [2.05, 4.69) is 15.1 Å². The van der Waals surface area contributed by atoms with Crippen LogP contribution in [0.5, 0.6) is 5.75 Å². The predicted molar refractivity (Wildman–Crippen MR) is 101 cm³/mol. The molecule has 1 fully saturated rings. The quantitative estimate of drug-likeness (QED) is 0.730. The van der Waals surface area contributed by atoms with E-state index in [1.165, 1.54) is 12.3 Å². The molecule has 0 radical (unpaired) electrons. The van der Waals surface area contributed by atoms with Gasteiger partial charge >= 0.3 is 0 Å². The molecule has 8 nitrogen and oxygen atoms in total. The van der Waals surface area contributed by atoms with Crippen molar-refractivity contribution in [1.82, 2.24) is 20.0 Å². The zero-order valence-electron chi connectivity index (χ0n) is 15.2. The molecule has 144 valence electrons. The molecule has 0 saturated carbocycles. The topological polar surface area (TPSA) is 101 Å². The number of nitrogens with one attached hydrogen (secondary N) is 1. The first-order valence-electron chi connectivity index (χ1n) is 9.21. The van der Waals surface area contributed by atoms with Crippen molar-refractivity contribution in [2.24, 2.45) is 0 Å². The summed E-state index contributed by atoms with van der Waals surface area (Å²) in [6.45, 7) is 0.569.